The molecule has 1 spiro atoms. The minimum atomic E-state index is 0.0750. The molecule has 2 heterocycles. The molecule has 1 aliphatic carbocycles. The predicted molar refractivity (Wildman–Crippen MR) is 88.2 cm³/mol. The molecule has 4 rings (SSSR count). The van der Waals surface area contributed by atoms with Gasteiger partial charge >= 0.3 is 0 Å². The van der Waals surface area contributed by atoms with Gasteiger partial charge in [0.2, 0.25) is 0 Å². The van der Waals surface area contributed by atoms with Crippen molar-refractivity contribution in [2.24, 2.45) is 0 Å². The van der Waals surface area contributed by atoms with E-state index in [1.165, 1.54) is 36.8 Å². The summed E-state index contributed by atoms with van der Waals surface area (Å²) in [5.74, 6) is 2.54. The van der Waals surface area contributed by atoms with Crippen molar-refractivity contribution in [2.75, 3.05) is 20.8 Å². The third kappa shape index (κ3) is 2.24. The number of furan rings is 1. The molecule has 23 heavy (non-hydrogen) atoms. The maximum Gasteiger partial charge on any atom is 0.161 e. The van der Waals surface area contributed by atoms with Crippen LogP contribution in [0.3, 0.4) is 0 Å². The van der Waals surface area contributed by atoms with Crippen molar-refractivity contribution >= 4 is 0 Å². The van der Waals surface area contributed by atoms with Gasteiger partial charge in [0.15, 0.2) is 11.5 Å². The van der Waals surface area contributed by atoms with E-state index < -0.39 is 0 Å². The standard InChI is InChI=1S/C19H23NO3/c1-21-16-10-13-14(11-17(16)22-2)19(7-3-4-8-19)12-20-18(13)15-6-5-9-23-15/h5-6,9-11,18,20H,3-4,7-8,12H2,1-2H3. The Hall–Kier alpha value is -1.94. The summed E-state index contributed by atoms with van der Waals surface area (Å²) in [5, 5.41) is 3.71. The molecule has 1 aromatic heterocycles. The van der Waals surface area contributed by atoms with Crippen LogP contribution >= 0.6 is 0 Å². The number of fused-ring (bicyclic) bond motifs is 2. The van der Waals surface area contributed by atoms with Crippen molar-refractivity contribution in [3.05, 3.63) is 47.4 Å². The van der Waals surface area contributed by atoms with Crippen molar-refractivity contribution in [1.82, 2.24) is 5.32 Å². The van der Waals surface area contributed by atoms with Gasteiger partial charge in [0, 0.05) is 12.0 Å². The molecule has 122 valence electrons. The lowest BCUT2D eigenvalue weighted by Gasteiger charge is -2.40. The first-order chi connectivity index (χ1) is 11.3. The summed E-state index contributed by atoms with van der Waals surface area (Å²) in [6.07, 6.45) is 6.78. The van der Waals surface area contributed by atoms with Crippen LogP contribution in [0.25, 0.3) is 0 Å². The number of hydrogen-bond acceptors (Lipinski definition) is 4. The summed E-state index contributed by atoms with van der Waals surface area (Å²) in [7, 11) is 3.39. The normalized spacial score (nSPS) is 22.1. The molecule has 1 aliphatic heterocycles. The average molecular weight is 313 g/mol. The summed E-state index contributed by atoms with van der Waals surface area (Å²) in [4.78, 5) is 0. The van der Waals surface area contributed by atoms with Gasteiger partial charge in [-0.05, 0) is 48.2 Å². The number of nitrogens with one attached hydrogen (secondary N) is 1. The SMILES string of the molecule is COc1cc2c(cc1OC)C1(CCCC1)CNC2c1ccco1. The lowest BCUT2D eigenvalue weighted by molar-refractivity contribution is 0.321. The number of hydrogen-bond donors (Lipinski definition) is 1. The van der Waals surface area contributed by atoms with Gasteiger partial charge in [-0.2, -0.15) is 0 Å². The highest BCUT2D eigenvalue weighted by Crippen LogP contribution is 2.49. The molecule has 1 saturated carbocycles. The topological polar surface area (TPSA) is 43.6 Å². The lowest BCUT2D eigenvalue weighted by Crippen LogP contribution is -2.44. The maximum absolute atomic E-state index is 5.68. The first-order valence-corrected chi connectivity index (χ1v) is 8.30. The van der Waals surface area contributed by atoms with Crippen molar-refractivity contribution in [3.8, 4) is 11.5 Å². The second-order valence-corrected chi connectivity index (χ2v) is 6.61. The third-order valence-electron chi connectivity index (χ3n) is 5.47. The molecule has 2 aromatic rings. The van der Waals surface area contributed by atoms with Crippen LogP contribution in [0, 0.1) is 0 Å². The third-order valence-corrected chi connectivity index (χ3v) is 5.47. The molecule has 0 saturated heterocycles. The molecule has 0 radical (unpaired) electrons. The highest BCUT2D eigenvalue weighted by Gasteiger charge is 2.43. The molecule has 0 amide bonds. The molecular weight excluding hydrogens is 290 g/mol. The molecular formula is C19H23NO3. The van der Waals surface area contributed by atoms with Crippen LogP contribution in [0.5, 0.6) is 11.5 Å². The largest absolute Gasteiger partial charge is 0.493 e. The zero-order valence-corrected chi connectivity index (χ0v) is 13.7. The van der Waals surface area contributed by atoms with Gasteiger partial charge < -0.3 is 19.2 Å². The van der Waals surface area contributed by atoms with Crippen molar-refractivity contribution in [3.63, 3.8) is 0 Å². The molecule has 1 fully saturated rings. The lowest BCUT2D eigenvalue weighted by atomic mass is 9.72. The van der Waals surface area contributed by atoms with Crippen LogP contribution in [-0.4, -0.2) is 20.8 Å². The van der Waals surface area contributed by atoms with E-state index in [0.29, 0.717) is 0 Å². The van der Waals surface area contributed by atoms with Crippen molar-refractivity contribution in [1.29, 1.82) is 0 Å². The Morgan fingerprint density at radius 2 is 1.87 bits per heavy atom. The highest BCUT2D eigenvalue weighted by atomic mass is 16.5. The first-order valence-electron chi connectivity index (χ1n) is 8.30. The van der Waals surface area contributed by atoms with Gasteiger partial charge in [-0.3, -0.25) is 0 Å². The highest BCUT2D eigenvalue weighted by molar-refractivity contribution is 5.54. The van der Waals surface area contributed by atoms with Crippen LogP contribution in [0.4, 0.5) is 0 Å². The Morgan fingerprint density at radius 3 is 2.52 bits per heavy atom. The molecule has 1 N–H and O–H groups in total. The van der Waals surface area contributed by atoms with Crippen molar-refractivity contribution < 1.29 is 13.9 Å². The minimum absolute atomic E-state index is 0.0750. The fourth-order valence-corrected chi connectivity index (χ4v) is 4.30. The number of methoxy groups -OCH3 is 2. The van der Waals surface area contributed by atoms with E-state index in [1.807, 2.05) is 12.1 Å². The number of rotatable bonds is 3. The fraction of sp³-hybridized carbons (Fsp3) is 0.474. The van der Waals surface area contributed by atoms with Crippen LogP contribution < -0.4 is 14.8 Å². The average Bonchev–Trinajstić information content (AvgIpc) is 3.27. The maximum atomic E-state index is 5.68. The quantitative estimate of drug-likeness (QED) is 0.936. The molecule has 0 bridgehead atoms. The smallest absolute Gasteiger partial charge is 0.161 e. The second kappa shape index (κ2) is 5.60. The van der Waals surface area contributed by atoms with Gasteiger partial charge in [0.25, 0.3) is 0 Å². The summed E-state index contributed by atoms with van der Waals surface area (Å²) < 4.78 is 16.8. The van der Waals surface area contributed by atoms with E-state index in [4.69, 9.17) is 13.9 Å². The Morgan fingerprint density at radius 1 is 1.13 bits per heavy atom. The predicted octanol–water partition coefficient (Wildman–Crippen LogP) is 3.80. The first kappa shape index (κ1) is 14.6. The summed E-state index contributed by atoms with van der Waals surface area (Å²) in [6, 6.07) is 8.36. The molecule has 4 heteroatoms. The van der Waals surface area contributed by atoms with Crippen LogP contribution in [0.15, 0.2) is 34.9 Å². The van der Waals surface area contributed by atoms with Crippen molar-refractivity contribution in [2.45, 2.75) is 37.1 Å². The summed E-state index contributed by atoms with van der Waals surface area (Å²) in [5.41, 5.74) is 2.87. The van der Waals surface area contributed by atoms with Gasteiger partial charge in [0.1, 0.15) is 5.76 Å². The van der Waals surface area contributed by atoms with Crippen LogP contribution in [-0.2, 0) is 5.41 Å². The van der Waals surface area contributed by atoms with E-state index in [1.54, 1.807) is 20.5 Å². The van der Waals surface area contributed by atoms with Gasteiger partial charge in [-0.1, -0.05) is 12.8 Å². The van der Waals surface area contributed by atoms with Gasteiger partial charge in [0.05, 0.1) is 26.5 Å². The van der Waals surface area contributed by atoms with E-state index in [-0.39, 0.29) is 11.5 Å². The monoisotopic (exact) mass is 313 g/mol. The van der Waals surface area contributed by atoms with E-state index in [9.17, 15) is 0 Å². The Labute approximate surface area is 136 Å². The Balaban J connectivity index is 1.89. The van der Waals surface area contributed by atoms with Gasteiger partial charge in [-0.15, -0.1) is 0 Å². The zero-order chi connectivity index (χ0) is 15.9. The van der Waals surface area contributed by atoms with E-state index in [2.05, 4.69) is 17.4 Å². The second-order valence-electron chi connectivity index (χ2n) is 6.61. The minimum Gasteiger partial charge on any atom is -0.493 e. The van der Waals surface area contributed by atoms with Crippen LogP contribution in [0.2, 0.25) is 0 Å². The molecule has 1 atom stereocenters. The molecule has 2 aliphatic rings. The molecule has 1 aromatic carbocycles. The molecule has 4 nitrogen and oxygen atoms in total. The Bertz CT molecular complexity index is 687. The van der Waals surface area contributed by atoms with E-state index in [0.717, 1.165) is 23.8 Å². The van der Waals surface area contributed by atoms with Gasteiger partial charge in [-0.25, -0.2) is 0 Å². The number of ether oxygens (including phenoxy) is 2. The zero-order valence-electron chi connectivity index (χ0n) is 13.7. The fourth-order valence-electron chi connectivity index (χ4n) is 4.30. The Kier molecular flexibility index (Phi) is 3.57. The molecule has 1 unspecified atom stereocenters. The number of benzene rings is 1. The summed E-state index contributed by atoms with van der Waals surface area (Å²) in [6.45, 7) is 0.987. The summed E-state index contributed by atoms with van der Waals surface area (Å²) >= 11 is 0. The van der Waals surface area contributed by atoms with Crippen LogP contribution in [0.1, 0.15) is 48.6 Å². The van der Waals surface area contributed by atoms with E-state index >= 15 is 0 Å².